The van der Waals surface area contributed by atoms with E-state index in [1.165, 1.54) is 6.92 Å². The van der Waals surface area contributed by atoms with Gasteiger partial charge in [-0.1, -0.05) is 84.9 Å². The minimum absolute atomic E-state index is 0.0497. The number of hydrogen-bond donors (Lipinski definition) is 2. The maximum atomic E-state index is 13.2. The van der Waals surface area contributed by atoms with E-state index in [0.717, 1.165) is 32.7 Å². The Morgan fingerprint density at radius 1 is 0.688 bits per heavy atom. The topological polar surface area (TPSA) is 58.2 Å². The average molecular weight is 425 g/mol. The number of hydrogen-bond acceptors (Lipinski definition) is 3. The lowest BCUT2D eigenvalue weighted by Crippen LogP contribution is -2.50. The van der Waals surface area contributed by atoms with Gasteiger partial charge in [-0.3, -0.25) is 9.59 Å². The van der Waals surface area contributed by atoms with Crippen LogP contribution in [0.1, 0.15) is 18.1 Å². The highest BCUT2D eigenvalue weighted by Crippen LogP contribution is 2.21. The third-order valence-corrected chi connectivity index (χ3v) is 6.08. The molecule has 0 aliphatic rings. The second-order valence-corrected chi connectivity index (χ2v) is 8.20. The number of ketones is 1. The summed E-state index contributed by atoms with van der Waals surface area (Å²) in [6.45, 7) is 1.54. The van der Waals surface area contributed by atoms with Crippen LogP contribution in [0.2, 0.25) is 0 Å². The van der Waals surface area contributed by atoms with Crippen molar-refractivity contribution in [2.75, 3.05) is 7.05 Å². The van der Waals surface area contributed by atoms with Gasteiger partial charge in [0, 0.05) is 6.42 Å². The van der Waals surface area contributed by atoms with Crippen molar-refractivity contribution in [2.45, 2.75) is 31.8 Å². The van der Waals surface area contributed by atoms with E-state index in [-0.39, 0.29) is 11.7 Å². The summed E-state index contributed by atoms with van der Waals surface area (Å²) in [4.78, 5) is 25.6. The molecule has 4 aromatic rings. The first-order valence-electron chi connectivity index (χ1n) is 11.0. The van der Waals surface area contributed by atoms with Crippen molar-refractivity contribution >= 4 is 33.2 Å². The molecule has 0 aliphatic heterocycles. The number of rotatable bonds is 8. The van der Waals surface area contributed by atoms with E-state index in [2.05, 4.69) is 53.1 Å². The van der Waals surface area contributed by atoms with E-state index in [4.69, 9.17) is 0 Å². The summed E-state index contributed by atoms with van der Waals surface area (Å²) in [6, 6.07) is 27.5. The molecular formula is C28H28N2O2. The summed E-state index contributed by atoms with van der Waals surface area (Å²) in [5.41, 5.74) is 2.16. The molecule has 162 valence electrons. The van der Waals surface area contributed by atoms with Gasteiger partial charge >= 0.3 is 0 Å². The quantitative estimate of drug-likeness (QED) is 0.440. The third kappa shape index (κ3) is 4.71. The van der Waals surface area contributed by atoms with Gasteiger partial charge in [-0.05, 0) is 53.1 Å². The molecule has 0 heterocycles. The zero-order valence-corrected chi connectivity index (χ0v) is 18.5. The minimum atomic E-state index is -0.573. The second-order valence-electron chi connectivity index (χ2n) is 8.20. The fourth-order valence-electron chi connectivity index (χ4n) is 4.28. The summed E-state index contributed by atoms with van der Waals surface area (Å²) in [5.74, 6) is -0.216. The molecule has 0 fully saturated rings. The Kier molecular flexibility index (Phi) is 6.62. The van der Waals surface area contributed by atoms with Crippen LogP contribution in [0.25, 0.3) is 21.5 Å². The van der Waals surface area contributed by atoms with Gasteiger partial charge in [0.2, 0.25) is 5.91 Å². The highest BCUT2D eigenvalue weighted by Gasteiger charge is 2.24. The molecule has 2 unspecified atom stereocenters. The molecule has 0 radical (unpaired) electrons. The van der Waals surface area contributed by atoms with Crippen molar-refractivity contribution in [1.82, 2.24) is 10.6 Å². The van der Waals surface area contributed by atoms with Crippen molar-refractivity contribution in [3.63, 3.8) is 0 Å². The Morgan fingerprint density at radius 2 is 1.16 bits per heavy atom. The molecule has 4 rings (SSSR count). The largest absolute Gasteiger partial charge is 0.345 e. The van der Waals surface area contributed by atoms with Crippen LogP contribution < -0.4 is 10.6 Å². The maximum absolute atomic E-state index is 13.2. The van der Waals surface area contributed by atoms with Crippen LogP contribution in [-0.4, -0.2) is 30.8 Å². The standard InChI is InChI=1S/C28H28N2O2/c1-19(31)26(17-22-13-7-11-20-9-3-5-15-24(20)22)30-28(32)27(29-2)18-23-14-8-12-21-10-4-6-16-25(21)23/h3-16,26-27,29H,17-18H2,1-2H3,(H,30,32). The van der Waals surface area contributed by atoms with Crippen molar-refractivity contribution in [3.8, 4) is 0 Å². The van der Waals surface area contributed by atoms with Crippen LogP contribution in [0.3, 0.4) is 0 Å². The van der Waals surface area contributed by atoms with E-state index in [1.54, 1.807) is 7.05 Å². The zero-order valence-electron chi connectivity index (χ0n) is 18.5. The molecule has 2 N–H and O–H groups in total. The molecule has 32 heavy (non-hydrogen) atoms. The van der Waals surface area contributed by atoms with E-state index in [1.807, 2.05) is 42.5 Å². The van der Waals surface area contributed by atoms with Gasteiger partial charge in [0.05, 0.1) is 12.1 Å². The normalized spacial score (nSPS) is 13.1. The number of nitrogens with one attached hydrogen (secondary N) is 2. The van der Waals surface area contributed by atoms with Gasteiger partial charge in [0.1, 0.15) is 0 Å². The van der Waals surface area contributed by atoms with Crippen LogP contribution >= 0.6 is 0 Å². The predicted molar refractivity (Wildman–Crippen MR) is 131 cm³/mol. The second kappa shape index (κ2) is 9.75. The predicted octanol–water partition coefficient (Wildman–Crippen LogP) is 4.44. The summed E-state index contributed by atoms with van der Waals surface area (Å²) in [5, 5.41) is 10.7. The Labute approximate surface area is 188 Å². The van der Waals surface area contributed by atoms with E-state index < -0.39 is 12.1 Å². The smallest absolute Gasteiger partial charge is 0.238 e. The van der Waals surface area contributed by atoms with Crippen LogP contribution in [0.5, 0.6) is 0 Å². The third-order valence-electron chi connectivity index (χ3n) is 6.08. The molecule has 0 saturated heterocycles. The lowest BCUT2D eigenvalue weighted by atomic mass is 9.96. The molecule has 4 nitrogen and oxygen atoms in total. The molecule has 4 aromatic carbocycles. The van der Waals surface area contributed by atoms with Crippen molar-refractivity contribution in [1.29, 1.82) is 0 Å². The van der Waals surface area contributed by atoms with Crippen molar-refractivity contribution in [2.24, 2.45) is 0 Å². The van der Waals surface area contributed by atoms with Crippen LogP contribution in [-0.2, 0) is 22.4 Å². The maximum Gasteiger partial charge on any atom is 0.238 e. The fourth-order valence-corrected chi connectivity index (χ4v) is 4.28. The van der Waals surface area contributed by atoms with Gasteiger partial charge in [0.25, 0.3) is 0 Å². The average Bonchev–Trinajstić information content (AvgIpc) is 2.82. The summed E-state index contributed by atoms with van der Waals surface area (Å²) in [7, 11) is 1.78. The van der Waals surface area contributed by atoms with Crippen molar-refractivity contribution < 1.29 is 9.59 Å². The van der Waals surface area contributed by atoms with E-state index in [9.17, 15) is 9.59 Å². The zero-order chi connectivity index (χ0) is 22.5. The number of carbonyl (C=O) groups excluding carboxylic acids is 2. The fraction of sp³-hybridized carbons (Fsp3) is 0.214. The molecule has 4 heteroatoms. The van der Waals surface area contributed by atoms with Crippen LogP contribution in [0, 0.1) is 0 Å². The van der Waals surface area contributed by atoms with E-state index >= 15 is 0 Å². The Balaban J connectivity index is 1.53. The number of amides is 1. The Bertz CT molecular complexity index is 1250. The van der Waals surface area contributed by atoms with Gasteiger partial charge in [0.15, 0.2) is 5.78 Å². The molecule has 1 amide bonds. The lowest BCUT2D eigenvalue weighted by molar-refractivity contribution is -0.128. The summed E-state index contributed by atoms with van der Waals surface area (Å²) >= 11 is 0. The Morgan fingerprint density at radius 3 is 1.66 bits per heavy atom. The van der Waals surface area contributed by atoms with Gasteiger partial charge in [-0.2, -0.15) is 0 Å². The number of Topliss-reactive ketones (excluding diaryl/α,β-unsaturated/α-hetero) is 1. The molecule has 2 atom stereocenters. The van der Waals surface area contributed by atoms with Crippen LogP contribution in [0.15, 0.2) is 84.9 Å². The SMILES string of the molecule is CNC(Cc1cccc2ccccc12)C(=O)NC(Cc1cccc2ccccc12)C(C)=O. The van der Waals surface area contributed by atoms with Crippen LogP contribution in [0.4, 0.5) is 0 Å². The first kappa shape index (κ1) is 21.7. The summed E-state index contributed by atoms with van der Waals surface area (Å²) < 4.78 is 0. The highest BCUT2D eigenvalue weighted by atomic mass is 16.2. The molecule has 0 saturated carbocycles. The van der Waals surface area contributed by atoms with Crippen molar-refractivity contribution in [3.05, 3.63) is 96.1 Å². The monoisotopic (exact) mass is 424 g/mol. The summed E-state index contributed by atoms with van der Waals surface area (Å²) in [6.07, 6.45) is 1.01. The number of fused-ring (bicyclic) bond motifs is 2. The first-order chi connectivity index (χ1) is 15.6. The molecule has 0 aromatic heterocycles. The molecule has 0 bridgehead atoms. The van der Waals surface area contributed by atoms with Gasteiger partial charge < -0.3 is 10.6 Å². The Hall–Kier alpha value is -3.50. The van der Waals surface area contributed by atoms with Gasteiger partial charge in [-0.15, -0.1) is 0 Å². The van der Waals surface area contributed by atoms with E-state index in [0.29, 0.717) is 12.8 Å². The number of benzene rings is 4. The molecular weight excluding hydrogens is 396 g/mol. The van der Waals surface area contributed by atoms with Gasteiger partial charge in [-0.25, -0.2) is 0 Å². The molecule has 0 spiro atoms. The minimum Gasteiger partial charge on any atom is -0.345 e. The molecule has 0 aliphatic carbocycles. The first-order valence-corrected chi connectivity index (χ1v) is 11.0. The number of likely N-dealkylation sites (N-methyl/N-ethyl adjacent to an activating group) is 1. The lowest BCUT2D eigenvalue weighted by Gasteiger charge is -2.22. The highest BCUT2D eigenvalue weighted by molar-refractivity contribution is 5.92. The number of carbonyl (C=O) groups is 2.